The van der Waals surface area contributed by atoms with E-state index < -0.39 is 0 Å². The number of aromatic nitrogens is 1. The first kappa shape index (κ1) is 13.0. The van der Waals surface area contributed by atoms with Crippen molar-refractivity contribution in [3.8, 4) is 0 Å². The van der Waals surface area contributed by atoms with Gasteiger partial charge in [-0.15, -0.1) is 0 Å². The molecule has 1 aromatic heterocycles. The number of hydrogen-bond acceptors (Lipinski definition) is 4. The van der Waals surface area contributed by atoms with E-state index >= 15 is 0 Å². The molecule has 0 amide bonds. The molecule has 1 aromatic carbocycles. The van der Waals surface area contributed by atoms with Crippen LogP contribution in [0.25, 0.3) is 0 Å². The van der Waals surface area contributed by atoms with Crippen LogP contribution < -0.4 is 5.32 Å². The van der Waals surface area contributed by atoms with Crippen molar-refractivity contribution in [2.24, 2.45) is 0 Å². The highest BCUT2D eigenvalue weighted by molar-refractivity contribution is 5.55. The van der Waals surface area contributed by atoms with Gasteiger partial charge in [-0.25, -0.2) is 0 Å². The molecule has 0 spiro atoms. The number of hydrogen-bond donors (Lipinski definition) is 1. The average Bonchev–Trinajstić information content (AvgIpc) is 2.39. The topological polar surface area (TPSA) is 68.1 Å². The molecule has 0 unspecified atom stereocenters. The summed E-state index contributed by atoms with van der Waals surface area (Å²) in [7, 11) is 0. The Morgan fingerprint density at radius 3 is 2.68 bits per heavy atom. The van der Waals surface area contributed by atoms with Crippen molar-refractivity contribution in [3.05, 3.63) is 63.5 Å². The van der Waals surface area contributed by atoms with E-state index in [0.717, 1.165) is 22.4 Å². The second kappa shape index (κ2) is 5.48. The fourth-order valence-electron chi connectivity index (χ4n) is 1.85. The highest BCUT2D eigenvalue weighted by atomic mass is 16.6. The number of nitrogens with one attached hydrogen (secondary N) is 1. The lowest BCUT2D eigenvalue weighted by atomic mass is 10.1. The lowest BCUT2D eigenvalue weighted by molar-refractivity contribution is -0.384. The van der Waals surface area contributed by atoms with Gasteiger partial charge in [0.1, 0.15) is 0 Å². The van der Waals surface area contributed by atoms with E-state index in [1.165, 1.54) is 6.07 Å². The summed E-state index contributed by atoms with van der Waals surface area (Å²) in [6.07, 6.45) is 3.58. The van der Waals surface area contributed by atoms with Gasteiger partial charge in [-0.05, 0) is 42.7 Å². The molecule has 98 valence electrons. The van der Waals surface area contributed by atoms with Crippen molar-refractivity contribution in [1.82, 2.24) is 4.98 Å². The molecule has 0 saturated heterocycles. The van der Waals surface area contributed by atoms with Gasteiger partial charge in [-0.2, -0.15) is 0 Å². The van der Waals surface area contributed by atoms with Gasteiger partial charge in [0.25, 0.3) is 5.69 Å². The van der Waals surface area contributed by atoms with Gasteiger partial charge in [-0.1, -0.05) is 0 Å². The summed E-state index contributed by atoms with van der Waals surface area (Å²) in [6, 6.07) is 6.78. The lowest BCUT2D eigenvalue weighted by Gasteiger charge is -2.10. The van der Waals surface area contributed by atoms with Crippen LogP contribution in [0.2, 0.25) is 0 Å². The van der Waals surface area contributed by atoms with Crippen LogP contribution in [0, 0.1) is 24.0 Å². The van der Waals surface area contributed by atoms with E-state index in [-0.39, 0.29) is 10.6 Å². The molecular formula is C14H15N3O2. The molecule has 2 aromatic rings. The largest absolute Gasteiger partial charge is 0.381 e. The van der Waals surface area contributed by atoms with Crippen molar-refractivity contribution >= 4 is 11.4 Å². The zero-order chi connectivity index (χ0) is 13.8. The minimum Gasteiger partial charge on any atom is -0.381 e. The summed E-state index contributed by atoms with van der Waals surface area (Å²) >= 11 is 0. The molecule has 19 heavy (non-hydrogen) atoms. The van der Waals surface area contributed by atoms with Gasteiger partial charge in [0, 0.05) is 36.8 Å². The number of benzene rings is 1. The molecule has 0 aliphatic rings. The van der Waals surface area contributed by atoms with Crippen LogP contribution in [0.4, 0.5) is 11.4 Å². The third kappa shape index (κ3) is 3.07. The zero-order valence-corrected chi connectivity index (χ0v) is 10.9. The second-order valence-electron chi connectivity index (χ2n) is 4.41. The van der Waals surface area contributed by atoms with Crippen LogP contribution in [-0.4, -0.2) is 9.91 Å². The maximum atomic E-state index is 10.7. The number of pyridine rings is 1. The van der Waals surface area contributed by atoms with E-state index in [9.17, 15) is 10.1 Å². The highest BCUT2D eigenvalue weighted by Crippen LogP contribution is 2.22. The van der Waals surface area contributed by atoms with Crippen molar-refractivity contribution in [3.63, 3.8) is 0 Å². The minimum absolute atomic E-state index is 0.114. The van der Waals surface area contributed by atoms with E-state index in [0.29, 0.717) is 6.54 Å². The Bertz CT molecular complexity index is 611. The summed E-state index contributed by atoms with van der Waals surface area (Å²) in [5, 5.41) is 14.0. The predicted molar refractivity (Wildman–Crippen MR) is 74.1 cm³/mol. The standard InChI is InChI=1S/C14H15N3O2/c1-10-7-13(17(18)19)3-4-14(10)16-9-12-5-6-15-8-11(12)2/h3-8,16H,9H2,1-2H3. The molecule has 1 heterocycles. The van der Waals surface area contributed by atoms with Crippen LogP contribution in [-0.2, 0) is 6.54 Å². The molecule has 0 saturated carbocycles. The molecule has 5 heteroatoms. The first-order valence-corrected chi connectivity index (χ1v) is 5.96. The van der Waals surface area contributed by atoms with Gasteiger partial charge >= 0.3 is 0 Å². The fraction of sp³-hybridized carbons (Fsp3) is 0.214. The lowest BCUT2D eigenvalue weighted by Crippen LogP contribution is -2.03. The fourth-order valence-corrected chi connectivity index (χ4v) is 1.85. The first-order valence-electron chi connectivity index (χ1n) is 5.96. The summed E-state index contributed by atoms with van der Waals surface area (Å²) in [5.41, 5.74) is 4.16. The number of nitrogens with zero attached hydrogens (tertiary/aromatic N) is 2. The Hall–Kier alpha value is -2.43. The quantitative estimate of drug-likeness (QED) is 0.674. The Morgan fingerprint density at radius 1 is 1.26 bits per heavy atom. The van der Waals surface area contributed by atoms with Crippen LogP contribution in [0.3, 0.4) is 0 Å². The molecule has 0 fully saturated rings. The first-order chi connectivity index (χ1) is 9.08. The molecule has 0 atom stereocenters. The molecule has 0 aliphatic heterocycles. The normalized spacial score (nSPS) is 10.2. The van der Waals surface area contributed by atoms with Gasteiger partial charge in [0.15, 0.2) is 0 Å². The summed E-state index contributed by atoms with van der Waals surface area (Å²) in [4.78, 5) is 14.3. The molecule has 0 radical (unpaired) electrons. The van der Waals surface area contributed by atoms with Crippen LogP contribution in [0.15, 0.2) is 36.7 Å². The molecular weight excluding hydrogens is 242 g/mol. The Labute approximate surface area is 111 Å². The van der Waals surface area contributed by atoms with E-state index in [1.807, 2.05) is 26.1 Å². The maximum Gasteiger partial charge on any atom is 0.269 e. The molecule has 2 rings (SSSR count). The minimum atomic E-state index is -0.385. The van der Waals surface area contributed by atoms with Crippen LogP contribution >= 0.6 is 0 Å². The van der Waals surface area contributed by atoms with Crippen molar-refractivity contribution in [2.75, 3.05) is 5.32 Å². The Kier molecular flexibility index (Phi) is 3.75. The molecule has 5 nitrogen and oxygen atoms in total. The summed E-state index contributed by atoms with van der Waals surface area (Å²) in [6.45, 7) is 4.54. The van der Waals surface area contributed by atoms with Gasteiger partial charge < -0.3 is 5.32 Å². The third-order valence-corrected chi connectivity index (χ3v) is 3.03. The van der Waals surface area contributed by atoms with Crippen molar-refractivity contribution < 1.29 is 4.92 Å². The number of nitro groups is 1. The SMILES string of the molecule is Cc1cnccc1CNc1ccc([N+](=O)[O-])cc1C. The van der Waals surface area contributed by atoms with Gasteiger partial charge in [-0.3, -0.25) is 15.1 Å². The Morgan fingerprint density at radius 2 is 2.05 bits per heavy atom. The van der Waals surface area contributed by atoms with E-state index in [1.54, 1.807) is 18.3 Å². The number of nitro benzene ring substituents is 1. The van der Waals surface area contributed by atoms with Gasteiger partial charge in [0.2, 0.25) is 0 Å². The number of aryl methyl sites for hydroxylation is 2. The zero-order valence-electron chi connectivity index (χ0n) is 10.9. The molecule has 0 aliphatic carbocycles. The van der Waals surface area contributed by atoms with Crippen molar-refractivity contribution in [2.45, 2.75) is 20.4 Å². The van der Waals surface area contributed by atoms with Crippen LogP contribution in [0.5, 0.6) is 0 Å². The molecule has 1 N–H and O–H groups in total. The number of non-ortho nitro benzene ring substituents is 1. The number of anilines is 1. The monoisotopic (exact) mass is 257 g/mol. The van der Waals surface area contributed by atoms with Crippen molar-refractivity contribution in [1.29, 1.82) is 0 Å². The third-order valence-electron chi connectivity index (χ3n) is 3.03. The summed E-state index contributed by atoms with van der Waals surface area (Å²) in [5.74, 6) is 0. The van der Waals surface area contributed by atoms with E-state index in [2.05, 4.69) is 10.3 Å². The maximum absolute atomic E-state index is 10.7. The Balaban J connectivity index is 2.12. The van der Waals surface area contributed by atoms with E-state index in [4.69, 9.17) is 0 Å². The second-order valence-corrected chi connectivity index (χ2v) is 4.41. The number of rotatable bonds is 4. The summed E-state index contributed by atoms with van der Waals surface area (Å²) < 4.78 is 0. The predicted octanol–water partition coefficient (Wildman–Crippen LogP) is 3.22. The van der Waals surface area contributed by atoms with Gasteiger partial charge in [0.05, 0.1) is 4.92 Å². The highest BCUT2D eigenvalue weighted by Gasteiger charge is 2.08. The smallest absolute Gasteiger partial charge is 0.269 e. The van der Waals surface area contributed by atoms with Crippen LogP contribution in [0.1, 0.15) is 16.7 Å². The molecule has 0 bridgehead atoms. The average molecular weight is 257 g/mol.